The summed E-state index contributed by atoms with van der Waals surface area (Å²) in [5.74, 6) is -0.297. The number of ether oxygens (including phenoxy) is 2. The van der Waals surface area contributed by atoms with Gasteiger partial charge >= 0.3 is 5.97 Å². The second-order valence-corrected chi connectivity index (χ2v) is 2.93. The minimum absolute atomic E-state index is 0.297. The normalized spacial score (nSPS) is 23.9. The zero-order valence-corrected chi connectivity index (χ0v) is 7.86. The van der Waals surface area contributed by atoms with Gasteiger partial charge in [-0.05, 0) is 0 Å². The summed E-state index contributed by atoms with van der Waals surface area (Å²) in [5.41, 5.74) is 0. The van der Waals surface area contributed by atoms with E-state index in [1.807, 2.05) is 6.08 Å². The van der Waals surface area contributed by atoms with Gasteiger partial charge in [-0.3, -0.25) is 4.90 Å². The molecule has 0 N–H and O–H groups in total. The number of hydrogen-bond donors (Lipinski definition) is 0. The fourth-order valence-corrected chi connectivity index (χ4v) is 1.32. The van der Waals surface area contributed by atoms with E-state index in [1.165, 1.54) is 7.11 Å². The molecule has 1 rings (SSSR count). The Bertz CT molecular complexity index is 193. The third-order valence-electron chi connectivity index (χ3n) is 2.00. The van der Waals surface area contributed by atoms with Crippen molar-refractivity contribution in [3.63, 3.8) is 0 Å². The van der Waals surface area contributed by atoms with Crippen molar-refractivity contribution in [2.45, 2.75) is 6.10 Å². The molecule has 74 valence electrons. The van der Waals surface area contributed by atoms with Gasteiger partial charge < -0.3 is 9.47 Å². The smallest absolute Gasteiger partial charge is 0.336 e. The highest BCUT2D eigenvalue weighted by Gasteiger charge is 2.26. The maximum Gasteiger partial charge on any atom is 0.336 e. The molecule has 0 amide bonds. The first-order chi connectivity index (χ1) is 6.27. The van der Waals surface area contributed by atoms with Crippen LogP contribution in [0.4, 0.5) is 0 Å². The summed E-state index contributed by atoms with van der Waals surface area (Å²) in [4.78, 5) is 13.2. The minimum atomic E-state index is -0.432. The van der Waals surface area contributed by atoms with Crippen LogP contribution in [-0.4, -0.2) is 50.3 Å². The Kier molecular flexibility index (Phi) is 3.92. The summed E-state index contributed by atoms with van der Waals surface area (Å²) >= 11 is 0. The van der Waals surface area contributed by atoms with E-state index in [4.69, 9.17) is 4.74 Å². The van der Waals surface area contributed by atoms with Crippen LogP contribution in [0, 0.1) is 0 Å². The van der Waals surface area contributed by atoms with E-state index in [0.29, 0.717) is 13.2 Å². The lowest BCUT2D eigenvalue weighted by atomic mass is 10.2. The van der Waals surface area contributed by atoms with Crippen LogP contribution in [0.1, 0.15) is 0 Å². The molecular weight excluding hydrogens is 170 g/mol. The molecule has 0 saturated carbocycles. The fraction of sp³-hybridized carbons (Fsp3) is 0.667. The van der Waals surface area contributed by atoms with Crippen molar-refractivity contribution in [2.75, 3.05) is 33.4 Å². The standard InChI is InChI=1S/C9H15NO3/c1-3-4-10-5-6-13-8(7-10)9(11)12-2/h3,8H,1,4-7H2,2H3. The lowest BCUT2D eigenvalue weighted by Gasteiger charge is -2.30. The van der Waals surface area contributed by atoms with Crippen molar-refractivity contribution in [3.8, 4) is 0 Å². The molecule has 1 fully saturated rings. The average molecular weight is 185 g/mol. The van der Waals surface area contributed by atoms with Crippen molar-refractivity contribution < 1.29 is 14.3 Å². The molecule has 0 spiro atoms. The van der Waals surface area contributed by atoms with E-state index >= 15 is 0 Å². The van der Waals surface area contributed by atoms with Crippen molar-refractivity contribution >= 4 is 5.97 Å². The van der Waals surface area contributed by atoms with Crippen molar-refractivity contribution in [1.29, 1.82) is 0 Å². The molecule has 1 unspecified atom stereocenters. The van der Waals surface area contributed by atoms with E-state index in [2.05, 4.69) is 16.2 Å². The van der Waals surface area contributed by atoms with Crippen LogP contribution < -0.4 is 0 Å². The largest absolute Gasteiger partial charge is 0.467 e. The Balaban J connectivity index is 2.41. The molecule has 1 aliphatic rings. The van der Waals surface area contributed by atoms with E-state index in [1.54, 1.807) is 0 Å². The van der Waals surface area contributed by atoms with Crippen LogP contribution >= 0.6 is 0 Å². The molecule has 4 nitrogen and oxygen atoms in total. The van der Waals surface area contributed by atoms with Crippen LogP contribution in [-0.2, 0) is 14.3 Å². The molecular formula is C9H15NO3. The number of morpholine rings is 1. The van der Waals surface area contributed by atoms with Gasteiger partial charge in [0.25, 0.3) is 0 Å². The van der Waals surface area contributed by atoms with Gasteiger partial charge in [0.15, 0.2) is 6.10 Å². The van der Waals surface area contributed by atoms with E-state index in [-0.39, 0.29) is 5.97 Å². The van der Waals surface area contributed by atoms with Gasteiger partial charge in [0.2, 0.25) is 0 Å². The lowest BCUT2D eigenvalue weighted by molar-refractivity contribution is -0.159. The highest BCUT2D eigenvalue weighted by molar-refractivity contribution is 5.74. The van der Waals surface area contributed by atoms with Crippen LogP contribution in [0.15, 0.2) is 12.7 Å². The maximum absolute atomic E-state index is 11.1. The second kappa shape index (κ2) is 4.99. The molecule has 1 atom stereocenters. The number of esters is 1. The molecule has 0 bridgehead atoms. The second-order valence-electron chi connectivity index (χ2n) is 2.93. The zero-order chi connectivity index (χ0) is 9.68. The Morgan fingerprint density at radius 2 is 2.62 bits per heavy atom. The third kappa shape index (κ3) is 2.82. The molecule has 0 aromatic carbocycles. The Morgan fingerprint density at radius 1 is 1.85 bits per heavy atom. The molecule has 4 heteroatoms. The number of hydrogen-bond acceptors (Lipinski definition) is 4. The lowest BCUT2D eigenvalue weighted by Crippen LogP contribution is -2.46. The molecule has 1 heterocycles. The third-order valence-corrected chi connectivity index (χ3v) is 2.00. The number of carbonyl (C=O) groups excluding carboxylic acids is 1. The van der Waals surface area contributed by atoms with Gasteiger partial charge in [-0.15, -0.1) is 6.58 Å². The van der Waals surface area contributed by atoms with Crippen molar-refractivity contribution in [1.82, 2.24) is 4.90 Å². The summed E-state index contributed by atoms with van der Waals surface area (Å²) in [6.07, 6.45) is 1.39. The molecule has 0 aromatic rings. The summed E-state index contributed by atoms with van der Waals surface area (Å²) in [7, 11) is 1.37. The molecule has 1 saturated heterocycles. The van der Waals surface area contributed by atoms with Gasteiger partial charge in [0.05, 0.1) is 13.7 Å². The van der Waals surface area contributed by atoms with E-state index < -0.39 is 6.10 Å². The molecule has 1 aliphatic heterocycles. The Hall–Kier alpha value is -0.870. The topological polar surface area (TPSA) is 38.8 Å². The maximum atomic E-state index is 11.1. The van der Waals surface area contributed by atoms with E-state index in [9.17, 15) is 4.79 Å². The van der Waals surface area contributed by atoms with Crippen LogP contribution in [0.3, 0.4) is 0 Å². The van der Waals surface area contributed by atoms with Gasteiger partial charge in [-0.1, -0.05) is 6.08 Å². The summed E-state index contributed by atoms with van der Waals surface area (Å²) in [5, 5.41) is 0. The molecule has 0 radical (unpaired) electrons. The van der Waals surface area contributed by atoms with Crippen LogP contribution in [0.5, 0.6) is 0 Å². The molecule has 0 aliphatic carbocycles. The SMILES string of the molecule is C=CCN1CCOC(C(=O)OC)C1. The highest BCUT2D eigenvalue weighted by atomic mass is 16.6. The first-order valence-electron chi connectivity index (χ1n) is 4.30. The monoisotopic (exact) mass is 185 g/mol. The first kappa shape index (κ1) is 10.2. The molecule has 0 aromatic heterocycles. The van der Waals surface area contributed by atoms with Crippen LogP contribution in [0.25, 0.3) is 0 Å². The number of nitrogens with zero attached hydrogens (tertiary/aromatic N) is 1. The fourth-order valence-electron chi connectivity index (χ4n) is 1.32. The number of carbonyl (C=O) groups is 1. The average Bonchev–Trinajstić information content (AvgIpc) is 2.18. The molecule has 13 heavy (non-hydrogen) atoms. The zero-order valence-electron chi connectivity index (χ0n) is 7.86. The van der Waals surface area contributed by atoms with Crippen molar-refractivity contribution in [3.05, 3.63) is 12.7 Å². The summed E-state index contributed by atoms with van der Waals surface area (Å²) in [6, 6.07) is 0. The van der Waals surface area contributed by atoms with Crippen molar-refractivity contribution in [2.24, 2.45) is 0 Å². The van der Waals surface area contributed by atoms with E-state index in [0.717, 1.165) is 13.1 Å². The first-order valence-corrected chi connectivity index (χ1v) is 4.30. The number of rotatable bonds is 3. The summed E-state index contributed by atoms with van der Waals surface area (Å²) in [6.45, 7) is 6.45. The Morgan fingerprint density at radius 3 is 3.23 bits per heavy atom. The minimum Gasteiger partial charge on any atom is -0.467 e. The quantitative estimate of drug-likeness (QED) is 0.460. The highest BCUT2D eigenvalue weighted by Crippen LogP contribution is 2.06. The van der Waals surface area contributed by atoms with Gasteiger partial charge in [-0.2, -0.15) is 0 Å². The summed E-state index contributed by atoms with van der Waals surface area (Å²) < 4.78 is 9.86. The predicted molar refractivity (Wildman–Crippen MR) is 48.4 cm³/mol. The van der Waals surface area contributed by atoms with Gasteiger partial charge in [-0.25, -0.2) is 4.79 Å². The van der Waals surface area contributed by atoms with Gasteiger partial charge in [0.1, 0.15) is 0 Å². The van der Waals surface area contributed by atoms with Gasteiger partial charge in [0, 0.05) is 19.6 Å². The predicted octanol–water partition coefficient (Wildman–Crippen LogP) is 0.0462. The number of methoxy groups -OCH3 is 1. The Labute approximate surface area is 78.1 Å². The van der Waals surface area contributed by atoms with Crippen LogP contribution in [0.2, 0.25) is 0 Å².